The van der Waals surface area contributed by atoms with Gasteiger partial charge in [0.05, 0.1) is 13.1 Å². The Hall–Kier alpha value is -1.01. The number of carbonyl (C=O) groups is 1. The predicted octanol–water partition coefficient (Wildman–Crippen LogP) is 1.10. The smallest absolute Gasteiger partial charge is 0.236 e. The molecule has 0 saturated heterocycles. The maximum atomic E-state index is 11.7. The average molecular weight is 210 g/mol. The van der Waals surface area contributed by atoms with Gasteiger partial charge in [-0.3, -0.25) is 10.1 Å². The van der Waals surface area contributed by atoms with Crippen LogP contribution in [0.3, 0.4) is 0 Å². The van der Waals surface area contributed by atoms with Gasteiger partial charge in [-0.2, -0.15) is 0 Å². The Morgan fingerprint density at radius 2 is 2.20 bits per heavy atom. The first-order valence-electron chi connectivity index (χ1n) is 5.57. The number of hydrogen-bond acceptors (Lipinski definition) is 2. The van der Waals surface area contributed by atoms with E-state index in [2.05, 4.69) is 25.1 Å². The number of nitrogens with one attached hydrogen (secondary N) is 1. The molecule has 1 atom stereocenters. The summed E-state index contributed by atoms with van der Waals surface area (Å²) in [7, 11) is 0. The van der Waals surface area contributed by atoms with E-state index in [1.165, 1.54) is 0 Å². The lowest BCUT2D eigenvalue weighted by atomic mass is 10.1. The van der Waals surface area contributed by atoms with Crippen molar-refractivity contribution in [1.29, 1.82) is 0 Å². The van der Waals surface area contributed by atoms with E-state index in [-0.39, 0.29) is 5.91 Å². The molecular weight excluding hydrogens is 188 g/mol. The number of likely N-dealkylation sites (N-methyl/N-ethyl adjacent to an activating group) is 1. The molecule has 0 rings (SSSR count). The molecule has 0 fully saturated rings. The molecule has 1 N–H and O–H groups in total. The zero-order valence-corrected chi connectivity index (χ0v) is 10.0. The minimum Gasteiger partial charge on any atom is -0.342 e. The molecule has 3 heteroatoms. The van der Waals surface area contributed by atoms with E-state index in [1.54, 1.807) is 0 Å². The van der Waals surface area contributed by atoms with Crippen molar-refractivity contribution in [3.8, 4) is 12.3 Å². The maximum absolute atomic E-state index is 11.7. The first kappa shape index (κ1) is 14.0. The second kappa shape index (κ2) is 8.31. The van der Waals surface area contributed by atoms with Crippen LogP contribution in [0.2, 0.25) is 0 Å². The Labute approximate surface area is 93.2 Å². The molecule has 0 heterocycles. The zero-order chi connectivity index (χ0) is 11.7. The Morgan fingerprint density at radius 1 is 1.53 bits per heavy atom. The highest BCUT2D eigenvalue weighted by Gasteiger charge is 2.12. The molecule has 0 aliphatic carbocycles. The summed E-state index contributed by atoms with van der Waals surface area (Å²) in [5, 5.41) is 2.91. The van der Waals surface area contributed by atoms with Crippen molar-refractivity contribution >= 4 is 5.91 Å². The van der Waals surface area contributed by atoms with E-state index in [1.807, 2.05) is 11.8 Å². The SMILES string of the molecule is C#CCNCC(=O)N(CC)CC(C)CC. The second-order valence-corrected chi connectivity index (χ2v) is 3.75. The van der Waals surface area contributed by atoms with Gasteiger partial charge in [-0.1, -0.05) is 26.2 Å². The molecule has 3 nitrogen and oxygen atoms in total. The standard InChI is InChI=1S/C12H22N2O/c1-5-8-13-9-12(15)14(7-3)10-11(4)6-2/h1,11,13H,6-10H2,2-4H3. The van der Waals surface area contributed by atoms with Gasteiger partial charge >= 0.3 is 0 Å². The molecule has 0 bridgehead atoms. The Bertz CT molecular complexity index is 220. The van der Waals surface area contributed by atoms with Gasteiger partial charge in [0, 0.05) is 13.1 Å². The fourth-order valence-electron chi connectivity index (χ4n) is 1.27. The Morgan fingerprint density at radius 3 is 2.67 bits per heavy atom. The average Bonchev–Trinajstić information content (AvgIpc) is 2.25. The van der Waals surface area contributed by atoms with E-state index < -0.39 is 0 Å². The molecular formula is C12H22N2O. The molecule has 0 aromatic heterocycles. The number of hydrogen-bond donors (Lipinski definition) is 1. The topological polar surface area (TPSA) is 32.3 Å². The van der Waals surface area contributed by atoms with Crippen LogP contribution in [0.25, 0.3) is 0 Å². The quantitative estimate of drug-likeness (QED) is 0.504. The summed E-state index contributed by atoms with van der Waals surface area (Å²) in [5.41, 5.74) is 0. The molecule has 1 unspecified atom stereocenters. The van der Waals surface area contributed by atoms with Crippen molar-refractivity contribution in [2.24, 2.45) is 5.92 Å². The molecule has 15 heavy (non-hydrogen) atoms. The van der Waals surface area contributed by atoms with E-state index >= 15 is 0 Å². The molecule has 1 amide bonds. The highest BCUT2D eigenvalue weighted by atomic mass is 16.2. The zero-order valence-electron chi connectivity index (χ0n) is 10.0. The normalized spacial score (nSPS) is 11.9. The van der Waals surface area contributed by atoms with Gasteiger partial charge in [0.1, 0.15) is 0 Å². The third kappa shape index (κ3) is 6.14. The van der Waals surface area contributed by atoms with Gasteiger partial charge in [-0.25, -0.2) is 0 Å². The third-order valence-electron chi connectivity index (χ3n) is 2.47. The summed E-state index contributed by atoms with van der Waals surface area (Å²) in [5.74, 6) is 3.14. The number of nitrogens with zero attached hydrogens (tertiary/aromatic N) is 1. The summed E-state index contributed by atoms with van der Waals surface area (Å²) < 4.78 is 0. The minimum atomic E-state index is 0.132. The number of carbonyl (C=O) groups excluding carboxylic acids is 1. The van der Waals surface area contributed by atoms with Crippen molar-refractivity contribution in [3.05, 3.63) is 0 Å². The number of amides is 1. The largest absolute Gasteiger partial charge is 0.342 e. The highest BCUT2D eigenvalue weighted by molar-refractivity contribution is 5.78. The van der Waals surface area contributed by atoms with Crippen molar-refractivity contribution in [1.82, 2.24) is 10.2 Å². The molecule has 0 aliphatic rings. The maximum Gasteiger partial charge on any atom is 0.236 e. The fraction of sp³-hybridized carbons (Fsp3) is 0.750. The molecule has 0 aromatic carbocycles. The highest BCUT2D eigenvalue weighted by Crippen LogP contribution is 2.03. The summed E-state index contributed by atoms with van der Waals surface area (Å²) >= 11 is 0. The van der Waals surface area contributed by atoms with E-state index in [0.717, 1.165) is 19.5 Å². The monoisotopic (exact) mass is 210 g/mol. The third-order valence-corrected chi connectivity index (χ3v) is 2.47. The summed E-state index contributed by atoms with van der Waals surface area (Å²) in [6.45, 7) is 8.69. The van der Waals surface area contributed by atoms with Crippen LogP contribution in [0.4, 0.5) is 0 Å². The first-order chi connectivity index (χ1) is 7.15. The summed E-state index contributed by atoms with van der Waals surface area (Å²) in [6.07, 6.45) is 6.19. The van der Waals surface area contributed by atoms with Gasteiger partial charge in [-0.15, -0.1) is 6.42 Å². The van der Waals surface area contributed by atoms with Crippen LogP contribution in [-0.2, 0) is 4.79 Å². The second-order valence-electron chi connectivity index (χ2n) is 3.75. The van der Waals surface area contributed by atoms with Gasteiger partial charge < -0.3 is 4.90 Å². The predicted molar refractivity (Wildman–Crippen MR) is 63.4 cm³/mol. The molecule has 0 radical (unpaired) electrons. The van der Waals surface area contributed by atoms with Gasteiger partial charge in [0.25, 0.3) is 0 Å². The lowest BCUT2D eigenvalue weighted by Gasteiger charge is -2.24. The lowest BCUT2D eigenvalue weighted by molar-refractivity contribution is -0.130. The van der Waals surface area contributed by atoms with Crippen molar-refractivity contribution in [2.45, 2.75) is 27.2 Å². The number of terminal acetylenes is 1. The number of rotatable bonds is 7. The van der Waals surface area contributed by atoms with Gasteiger partial charge in [0.15, 0.2) is 0 Å². The van der Waals surface area contributed by atoms with Gasteiger partial charge in [-0.05, 0) is 12.8 Å². The van der Waals surface area contributed by atoms with Crippen LogP contribution in [0.5, 0.6) is 0 Å². The minimum absolute atomic E-state index is 0.132. The van der Waals surface area contributed by atoms with Crippen LogP contribution >= 0.6 is 0 Å². The van der Waals surface area contributed by atoms with Crippen LogP contribution in [0, 0.1) is 18.3 Å². The van der Waals surface area contributed by atoms with Crippen LogP contribution < -0.4 is 5.32 Å². The van der Waals surface area contributed by atoms with E-state index in [9.17, 15) is 4.79 Å². The molecule has 0 spiro atoms. The van der Waals surface area contributed by atoms with E-state index in [4.69, 9.17) is 6.42 Å². The molecule has 86 valence electrons. The fourth-order valence-corrected chi connectivity index (χ4v) is 1.27. The lowest BCUT2D eigenvalue weighted by Crippen LogP contribution is -2.40. The van der Waals surface area contributed by atoms with Crippen molar-refractivity contribution in [3.63, 3.8) is 0 Å². The van der Waals surface area contributed by atoms with Crippen LogP contribution in [-0.4, -0.2) is 37.0 Å². The van der Waals surface area contributed by atoms with Crippen LogP contribution in [0.15, 0.2) is 0 Å². The van der Waals surface area contributed by atoms with E-state index in [0.29, 0.717) is 19.0 Å². The summed E-state index contributed by atoms with van der Waals surface area (Å²) in [4.78, 5) is 13.6. The Kier molecular flexibility index (Phi) is 7.75. The molecule has 0 saturated carbocycles. The van der Waals surface area contributed by atoms with Crippen molar-refractivity contribution < 1.29 is 4.79 Å². The molecule has 0 aromatic rings. The van der Waals surface area contributed by atoms with Gasteiger partial charge in [0.2, 0.25) is 5.91 Å². The first-order valence-corrected chi connectivity index (χ1v) is 5.57. The van der Waals surface area contributed by atoms with Crippen LogP contribution in [0.1, 0.15) is 27.2 Å². The Balaban J connectivity index is 3.94. The molecule has 0 aliphatic heterocycles. The summed E-state index contributed by atoms with van der Waals surface area (Å²) in [6, 6.07) is 0. The van der Waals surface area contributed by atoms with Crippen molar-refractivity contribution in [2.75, 3.05) is 26.2 Å².